The smallest absolute Gasteiger partial charge is 0.354 e. The van der Waals surface area contributed by atoms with E-state index in [1.54, 1.807) is 17.5 Å². The van der Waals surface area contributed by atoms with Crippen LogP contribution in [0.3, 0.4) is 0 Å². The van der Waals surface area contributed by atoms with Gasteiger partial charge >= 0.3 is 5.97 Å². The van der Waals surface area contributed by atoms with Crippen LogP contribution in [-0.4, -0.2) is 20.5 Å². The number of nitrogens with one attached hydrogen (secondary N) is 1. The second-order valence-corrected chi connectivity index (χ2v) is 6.35. The fourth-order valence-electron chi connectivity index (χ4n) is 3.19. The Labute approximate surface area is 145 Å². The Kier molecular flexibility index (Phi) is 4.20. The zero-order valence-corrected chi connectivity index (χ0v) is 14.6. The third kappa shape index (κ3) is 3.07. The minimum Gasteiger partial charge on any atom is -0.477 e. The van der Waals surface area contributed by atoms with Crippen LogP contribution in [0.15, 0.2) is 24.4 Å². The lowest BCUT2D eigenvalue weighted by atomic mass is 10.0. The first-order valence-corrected chi connectivity index (χ1v) is 8.00. The topological polar surface area (TPSA) is 66.6 Å². The number of rotatable bonds is 4. The number of benzene rings is 1. The Morgan fingerprint density at radius 1 is 1.20 bits per heavy atom. The summed E-state index contributed by atoms with van der Waals surface area (Å²) in [6.45, 7) is 7.84. The summed E-state index contributed by atoms with van der Waals surface area (Å²) in [6, 6.07) is 4.96. The summed E-state index contributed by atoms with van der Waals surface area (Å²) in [6.07, 6.45) is 1.76. The average molecular weight is 341 g/mol. The maximum absolute atomic E-state index is 13.5. The van der Waals surface area contributed by atoms with Crippen molar-refractivity contribution in [1.29, 1.82) is 0 Å². The first-order chi connectivity index (χ1) is 11.8. The molecule has 2 heterocycles. The standard InChI is InChI=1S/C19H20FN3O2/c1-10-5-16(18-22-13(4)17(19(24)25)23(18)9-10)21-8-15-11(2)6-14(20)7-12(15)3/h5-7,9,21H,8H2,1-4H3,(H,24,25). The summed E-state index contributed by atoms with van der Waals surface area (Å²) >= 11 is 0. The molecule has 1 aromatic carbocycles. The van der Waals surface area contributed by atoms with E-state index in [-0.39, 0.29) is 11.5 Å². The van der Waals surface area contributed by atoms with Crippen LogP contribution in [0.2, 0.25) is 0 Å². The maximum atomic E-state index is 13.5. The third-order valence-corrected chi connectivity index (χ3v) is 4.35. The fourth-order valence-corrected chi connectivity index (χ4v) is 3.19. The number of aryl methyl sites for hydroxylation is 4. The molecule has 25 heavy (non-hydrogen) atoms. The largest absolute Gasteiger partial charge is 0.477 e. The molecule has 0 saturated carbocycles. The van der Waals surface area contributed by atoms with E-state index in [9.17, 15) is 14.3 Å². The van der Waals surface area contributed by atoms with Crippen molar-refractivity contribution < 1.29 is 14.3 Å². The second kappa shape index (κ2) is 6.20. The Balaban J connectivity index is 2.03. The van der Waals surface area contributed by atoms with Gasteiger partial charge in [0.2, 0.25) is 0 Å². The molecule has 2 N–H and O–H groups in total. The Morgan fingerprint density at radius 3 is 2.44 bits per heavy atom. The molecule has 3 aromatic rings. The van der Waals surface area contributed by atoms with E-state index < -0.39 is 5.97 Å². The lowest BCUT2D eigenvalue weighted by Crippen LogP contribution is -2.07. The van der Waals surface area contributed by atoms with E-state index in [0.717, 1.165) is 27.9 Å². The van der Waals surface area contributed by atoms with E-state index >= 15 is 0 Å². The van der Waals surface area contributed by atoms with Gasteiger partial charge in [-0.2, -0.15) is 0 Å². The molecule has 0 atom stereocenters. The van der Waals surface area contributed by atoms with Crippen LogP contribution in [0.1, 0.15) is 38.4 Å². The lowest BCUT2D eigenvalue weighted by Gasteiger charge is -2.14. The third-order valence-electron chi connectivity index (χ3n) is 4.35. The normalized spacial score (nSPS) is 11.1. The van der Waals surface area contributed by atoms with E-state index in [1.807, 2.05) is 26.8 Å². The van der Waals surface area contributed by atoms with Gasteiger partial charge in [-0.1, -0.05) is 0 Å². The quantitative estimate of drug-likeness (QED) is 0.752. The van der Waals surface area contributed by atoms with Crippen molar-refractivity contribution in [2.45, 2.75) is 34.2 Å². The molecule has 0 aliphatic rings. The molecule has 0 amide bonds. The molecule has 0 unspecified atom stereocenters. The summed E-state index contributed by atoms with van der Waals surface area (Å²) < 4.78 is 15.1. The number of hydrogen-bond donors (Lipinski definition) is 2. The van der Waals surface area contributed by atoms with Crippen molar-refractivity contribution in [3.8, 4) is 0 Å². The highest BCUT2D eigenvalue weighted by Gasteiger charge is 2.18. The Morgan fingerprint density at radius 2 is 1.84 bits per heavy atom. The number of pyridine rings is 1. The molecular formula is C19H20FN3O2. The number of carbonyl (C=O) groups is 1. The van der Waals surface area contributed by atoms with E-state index in [0.29, 0.717) is 17.9 Å². The molecule has 130 valence electrons. The first-order valence-electron chi connectivity index (χ1n) is 8.00. The number of hydrogen-bond acceptors (Lipinski definition) is 3. The van der Waals surface area contributed by atoms with Crippen LogP contribution in [0.25, 0.3) is 5.65 Å². The number of imidazole rings is 1. The van der Waals surface area contributed by atoms with Crippen molar-refractivity contribution in [3.63, 3.8) is 0 Å². The molecule has 0 aliphatic carbocycles. The Hall–Kier alpha value is -2.89. The van der Waals surface area contributed by atoms with Crippen LogP contribution in [0.4, 0.5) is 10.1 Å². The molecule has 0 spiro atoms. The van der Waals surface area contributed by atoms with Gasteiger partial charge in [0.15, 0.2) is 11.3 Å². The monoisotopic (exact) mass is 341 g/mol. The molecule has 0 saturated heterocycles. The maximum Gasteiger partial charge on any atom is 0.354 e. The van der Waals surface area contributed by atoms with Gasteiger partial charge in [-0.3, -0.25) is 4.40 Å². The zero-order valence-electron chi connectivity index (χ0n) is 14.6. The predicted octanol–water partition coefficient (Wildman–Crippen LogP) is 4.02. The van der Waals surface area contributed by atoms with Gasteiger partial charge in [0.25, 0.3) is 0 Å². The molecule has 2 aromatic heterocycles. The van der Waals surface area contributed by atoms with Gasteiger partial charge in [-0.25, -0.2) is 14.2 Å². The molecule has 0 fully saturated rings. The van der Waals surface area contributed by atoms with Gasteiger partial charge in [-0.05, 0) is 68.1 Å². The van der Waals surface area contributed by atoms with Crippen LogP contribution in [0, 0.1) is 33.5 Å². The lowest BCUT2D eigenvalue weighted by molar-refractivity contribution is 0.0688. The van der Waals surface area contributed by atoms with E-state index in [2.05, 4.69) is 10.3 Å². The first kappa shape index (κ1) is 17.0. The fraction of sp³-hybridized carbons (Fsp3) is 0.263. The number of fused-ring (bicyclic) bond motifs is 1. The number of carboxylic acids is 1. The predicted molar refractivity (Wildman–Crippen MR) is 94.8 cm³/mol. The van der Waals surface area contributed by atoms with Crippen molar-refractivity contribution in [2.75, 3.05) is 5.32 Å². The molecule has 0 radical (unpaired) electrons. The molecule has 3 rings (SSSR count). The minimum atomic E-state index is -1.01. The minimum absolute atomic E-state index is 0.163. The van der Waals surface area contributed by atoms with Crippen molar-refractivity contribution >= 4 is 17.3 Å². The van der Waals surface area contributed by atoms with Crippen LogP contribution < -0.4 is 5.32 Å². The average Bonchev–Trinajstić information content (AvgIpc) is 2.81. The summed E-state index contributed by atoms with van der Waals surface area (Å²) in [5, 5.41) is 12.8. The highest BCUT2D eigenvalue weighted by molar-refractivity contribution is 5.89. The number of carboxylic acid groups (broad SMARTS) is 1. The summed E-state index contributed by atoms with van der Waals surface area (Å²) in [5.74, 6) is -1.25. The van der Waals surface area contributed by atoms with Crippen LogP contribution in [0.5, 0.6) is 0 Å². The molecular weight excluding hydrogens is 321 g/mol. The van der Waals surface area contributed by atoms with Gasteiger partial charge in [0.05, 0.1) is 11.4 Å². The molecule has 6 heteroatoms. The summed E-state index contributed by atoms with van der Waals surface area (Å²) in [4.78, 5) is 15.9. The summed E-state index contributed by atoms with van der Waals surface area (Å²) in [5.41, 5.74) is 5.63. The zero-order chi connectivity index (χ0) is 18.3. The number of aromatic carboxylic acids is 1. The van der Waals surface area contributed by atoms with Crippen LogP contribution in [-0.2, 0) is 6.54 Å². The van der Waals surface area contributed by atoms with Crippen LogP contribution >= 0.6 is 0 Å². The van der Waals surface area contributed by atoms with E-state index in [1.165, 1.54) is 12.1 Å². The molecule has 0 aliphatic heterocycles. The number of halogens is 1. The Bertz CT molecular complexity index is 969. The summed E-state index contributed by atoms with van der Waals surface area (Å²) in [7, 11) is 0. The van der Waals surface area contributed by atoms with Gasteiger partial charge in [0, 0.05) is 12.7 Å². The van der Waals surface area contributed by atoms with Crippen molar-refractivity contribution in [3.05, 3.63) is 63.9 Å². The second-order valence-electron chi connectivity index (χ2n) is 6.35. The van der Waals surface area contributed by atoms with E-state index in [4.69, 9.17) is 0 Å². The molecule has 0 bridgehead atoms. The highest BCUT2D eigenvalue weighted by atomic mass is 19.1. The number of aromatic nitrogens is 2. The number of nitrogens with zero attached hydrogens (tertiary/aromatic N) is 2. The SMILES string of the molecule is Cc1cc(NCc2c(C)cc(F)cc2C)c2nc(C)c(C(=O)O)n2c1. The van der Waals surface area contributed by atoms with Gasteiger partial charge < -0.3 is 10.4 Å². The van der Waals surface area contributed by atoms with Crippen molar-refractivity contribution in [1.82, 2.24) is 9.38 Å². The van der Waals surface area contributed by atoms with Gasteiger partial charge in [-0.15, -0.1) is 0 Å². The van der Waals surface area contributed by atoms with Gasteiger partial charge in [0.1, 0.15) is 5.82 Å². The number of anilines is 1. The molecule has 5 nitrogen and oxygen atoms in total. The highest BCUT2D eigenvalue weighted by Crippen LogP contribution is 2.24. The van der Waals surface area contributed by atoms with Crippen molar-refractivity contribution in [2.24, 2.45) is 0 Å².